The number of hydrogen-bond donors (Lipinski definition) is 1. The van der Waals surface area contributed by atoms with Crippen LogP contribution in [0, 0.1) is 5.82 Å². The van der Waals surface area contributed by atoms with E-state index in [9.17, 15) is 4.39 Å². The predicted octanol–water partition coefficient (Wildman–Crippen LogP) is 3.02. The highest BCUT2D eigenvalue weighted by molar-refractivity contribution is 7.10. The van der Waals surface area contributed by atoms with Crippen molar-refractivity contribution in [3.8, 4) is 0 Å². The van der Waals surface area contributed by atoms with Gasteiger partial charge in [-0.15, -0.1) is 11.3 Å². The lowest BCUT2D eigenvalue weighted by Gasteiger charge is -2.20. The molecule has 1 atom stereocenters. The van der Waals surface area contributed by atoms with E-state index in [1.54, 1.807) is 23.5 Å². The maximum absolute atomic E-state index is 13.1. The van der Waals surface area contributed by atoms with Crippen molar-refractivity contribution in [2.45, 2.75) is 12.6 Å². The minimum absolute atomic E-state index is 0.0172. The zero-order chi connectivity index (χ0) is 13.0. The largest absolute Gasteiger partial charge is 0.322 e. The lowest BCUT2D eigenvalue weighted by molar-refractivity contribution is 0.306. The molecule has 96 valence electrons. The second kappa shape index (κ2) is 6.09. The Labute approximate surface area is 111 Å². The number of halogens is 1. The van der Waals surface area contributed by atoms with E-state index in [4.69, 9.17) is 5.73 Å². The van der Waals surface area contributed by atoms with Crippen molar-refractivity contribution in [2.24, 2.45) is 5.73 Å². The highest BCUT2D eigenvalue weighted by Gasteiger charge is 2.10. The average Bonchev–Trinajstić information content (AvgIpc) is 2.81. The van der Waals surface area contributed by atoms with Gasteiger partial charge in [0, 0.05) is 18.0 Å². The molecular formula is C14H17FN2S. The van der Waals surface area contributed by atoms with Gasteiger partial charge < -0.3 is 10.6 Å². The van der Waals surface area contributed by atoms with E-state index in [2.05, 4.69) is 4.90 Å². The molecule has 0 spiro atoms. The molecule has 1 unspecified atom stereocenters. The number of nitrogens with two attached hydrogens (primary N) is 1. The fourth-order valence-electron chi connectivity index (χ4n) is 1.94. The summed E-state index contributed by atoms with van der Waals surface area (Å²) in [4.78, 5) is 3.29. The number of nitrogens with zero attached hydrogens (tertiary/aromatic N) is 1. The van der Waals surface area contributed by atoms with E-state index in [-0.39, 0.29) is 11.9 Å². The first-order valence-corrected chi connectivity index (χ1v) is 6.75. The van der Waals surface area contributed by atoms with Gasteiger partial charge in [-0.2, -0.15) is 0 Å². The minimum atomic E-state index is -0.191. The first-order valence-electron chi connectivity index (χ1n) is 5.87. The van der Waals surface area contributed by atoms with Crippen LogP contribution in [-0.4, -0.2) is 18.5 Å². The van der Waals surface area contributed by atoms with Crippen molar-refractivity contribution in [2.75, 3.05) is 13.6 Å². The van der Waals surface area contributed by atoms with Gasteiger partial charge in [0.05, 0.1) is 6.04 Å². The van der Waals surface area contributed by atoms with Crippen molar-refractivity contribution < 1.29 is 4.39 Å². The number of thiophene rings is 1. The summed E-state index contributed by atoms with van der Waals surface area (Å²) < 4.78 is 13.1. The number of rotatable bonds is 5. The van der Waals surface area contributed by atoms with E-state index in [0.29, 0.717) is 6.54 Å². The van der Waals surface area contributed by atoms with Crippen LogP contribution >= 0.6 is 11.3 Å². The molecule has 2 rings (SSSR count). The summed E-state index contributed by atoms with van der Waals surface area (Å²) in [6, 6.07) is 10.8. The van der Waals surface area contributed by atoms with Crippen LogP contribution < -0.4 is 5.73 Å². The van der Waals surface area contributed by atoms with Crippen LogP contribution in [0.5, 0.6) is 0 Å². The first-order chi connectivity index (χ1) is 8.65. The Morgan fingerprint density at radius 3 is 2.83 bits per heavy atom. The normalized spacial score (nSPS) is 12.9. The van der Waals surface area contributed by atoms with Crippen LogP contribution in [0.2, 0.25) is 0 Å². The van der Waals surface area contributed by atoms with Crippen LogP contribution in [-0.2, 0) is 6.54 Å². The third kappa shape index (κ3) is 3.63. The van der Waals surface area contributed by atoms with E-state index < -0.39 is 0 Å². The molecule has 18 heavy (non-hydrogen) atoms. The Balaban J connectivity index is 1.91. The number of likely N-dealkylation sites (N-methyl/N-ethyl adjacent to an activating group) is 1. The molecule has 0 radical (unpaired) electrons. The van der Waals surface area contributed by atoms with Gasteiger partial charge >= 0.3 is 0 Å². The Morgan fingerprint density at radius 1 is 1.33 bits per heavy atom. The zero-order valence-electron chi connectivity index (χ0n) is 10.3. The van der Waals surface area contributed by atoms with Crippen molar-refractivity contribution in [1.29, 1.82) is 0 Å². The number of hydrogen-bond acceptors (Lipinski definition) is 3. The van der Waals surface area contributed by atoms with E-state index in [1.165, 1.54) is 10.9 Å². The lowest BCUT2D eigenvalue weighted by atomic mass is 10.2. The second-order valence-electron chi connectivity index (χ2n) is 4.45. The fraction of sp³-hybridized carbons (Fsp3) is 0.286. The number of benzene rings is 1. The summed E-state index contributed by atoms with van der Waals surface area (Å²) >= 11 is 1.67. The molecule has 0 saturated heterocycles. The van der Waals surface area contributed by atoms with Crippen LogP contribution in [0.15, 0.2) is 41.8 Å². The average molecular weight is 264 g/mol. The Hall–Kier alpha value is -1.23. The summed E-state index contributed by atoms with van der Waals surface area (Å²) in [7, 11) is 2.00. The van der Waals surface area contributed by atoms with Gasteiger partial charge in [0.25, 0.3) is 0 Å². The van der Waals surface area contributed by atoms with E-state index in [0.717, 1.165) is 12.1 Å². The van der Waals surface area contributed by atoms with Gasteiger partial charge in [-0.3, -0.25) is 0 Å². The monoisotopic (exact) mass is 264 g/mol. The van der Waals surface area contributed by atoms with Crippen molar-refractivity contribution in [1.82, 2.24) is 4.90 Å². The fourth-order valence-corrected chi connectivity index (χ4v) is 2.66. The summed E-state index contributed by atoms with van der Waals surface area (Å²) in [6.45, 7) is 1.47. The molecule has 0 bridgehead atoms. The smallest absolute Gasteiger partial charge is 0.123 e. The molecule has 0 fully saturated rings. The third-order valence-corrected chi connectivity index (χ3v) is 3.76. The molecule has 0 aliphatic carbocycles. The quantitative estimate of drug-likeness (QED) is 0.899. The molecule has 4 heteroatoms. The Morgan fingerprint density at radius 2 is 2.17 bits per heavy atom. The highest BCUT2D eigenvalue weighted by atomic mass is 32.1. The van der Waals surface area contributed by atoms with Gasteiger partial charge in [-0.25, -0.2) is 4.39 Å². The first kappa shape index (κ1) is 13.2. The van der Waals surface area contributed by atoms with E-state index >= 15 is 0 Å². The van der Waals surface area contributed by atoms with Crippen LogP contribution in [0.4, 0.5) is 4.39 Å². The molecule has 1 aromatic heterocycles. The highest BCUT2D eigenvalue weighted by Crippen LogP contribution is 2.18. The Kier molecular flexibility index (Phi) is 4.47. The van der Waals surface area contributed by atoms with Gasteiger partial charge in [0.2, 0.25) is 0 Å². The second-order valence-corrected chi connectivity index (χ2v) is 5.43. The molecule has 0 aliphatic rings. The molecule has 0 aliphatic heterocycles. The van der Waals surface area contributed by atoms with Crippen LogP contribution in [0.25, 0.3) is 0 Å². The van der Waals surface area contributed by atoms with Gasteiger partial charge in [0.15, 0.2) is 0 Å². The van der Waals surface area contributed by atoms with Crippen molar-refractivity contribution in [3.63, 3.8) is 0 Å². The standard InChI is InChI=1S/C14H17FN2S/c1-17(9-11-4-2-5-12(15)8-11)10-13(16)14-6-3-7-18-14/h2-8,13H,9-10,16H2,1H3. The maximum atomic E-state index is 13.1. The maximum Gasteiger partial charge on any atom is 0.123 e. The topological polar surface area (TPSA) is 29.3 Å². The molecular weight excluding hydrogens is 247 g/mol. The molecule has 2 aromatic rings. The summed E-state index contributed by atoms with van der Waals surface area (Å²) in [5.41, 5.74) is 7.09. The summed E-state index contributed by atoms with van der Waals surface area (Å²) in [5, 5.41) is 2.03. The van der Waals surface area contributed by atoms with Gasteiger partial charge in [-0.05, 0) is 36.2 Å². The predicted molar refractivity (Wildman–Crippen MR) is 74.0 cm³/mol. The molecule has 0 amide bonds. The minimum Gasteiger partial charge on any atom is -0.322 e. The van der Waals surface area contributed by atoms with E-state index in [1.807, 2.05) is 30.6 Å². The summed E-state index contributed by atoms with van der Waals surface area (Å²) in [5.74, 6) is -0.191. The molecule has 1 heterocycles. The van der Waals surface area contributed by atoms with Crippen LogP contribution in [0.3, 0.4) is 0 Å². The molecule has 1 aromatic carbocycles. The third-order valence-electron chi connectivity index (χ3n) is 2.76. The van der Waals surface area contributed by atoms with Crippen LogP contribution in [0.1, 0.15) is 16.5 Å². The zero-order valence-corrected chi connectivity index (χ0v) is 11.2. The molecule has 0 saturated carbocycles. The van der Waals surface area contributed by atoms with Crippen molar-refractivity contribution in [3.05, 3.63) is 58.0 Å². The Bertz CT molecular complexity index is 484. The van der Waals surface area contributed by atoms with Gasteiger partial charge in [0.1, 0.15) is 5.82 Å². The lowest BCUT2D eigenvalue weighted by Crippen LogP contribution is -2.28. The molecule has 2 nitrogen and oxygen atoms in total. The summed E-state index contributed by atoms with van der Waals surface area (Å²) in [6.07, 6.45) is 0. The SMILES string of the molecule is CN(Cc1cccc(F)c1)CC(N)c1cccs1. The molecule has 2 N–H and O–H groups in total. The van der Waals surface area contributed by atoms with Gasteiger partial charge in [-0.1, -0.05) is 18.2 Å². The van der Waals surface area contributed by atoms with Crippen molar-refractivity contribution >= 4 is 11.3 Å².